The van der Waals surface area contributed by atoms with Gasteiger partial charge in [0.2, 0.25) is 5.91 Å². The molecular formula is C13H16BrNO3. The molecule has 1 aromatic rings. The van der Waals surface area contributed by atoms with Crippen molar-refractivity contribution in [1.82, 2.24) is 0 Å². The van der Waals surface area contributed by atoms with Crippen molar-refractivity contribution in [2.75, 3.05) is 32.2 Å². The maximum atomic E-state index is 12.1. The molecule has 0 saturated carbocycles. The van der Waals surface area contributed by atoms with E-state index in [1.54, 1.807) is 7.11 Å². The Morgan fingerprint density at radius 1 is 1.39 bits per heavy atom. The molecule has 0 spiro atoms. The Bertz CT molecular complexity index is 464. The maximum Gasteiger partial charge on any atom is 0.237 e. The molecule has 2 rings (SSSR count). The fourth-order valence-corrected chi connectivity index (χ4v) is 2.41. The molecule has 0 bridgehead atoms. The molecule has 0 saturated heterocycles. The van der Waals surface area contributed by atoms with Gasteiger partial charge in [-0.1, -0.05) is 22.0 Å². The molecule has 1 heterocycles. The summed E-state index contributed by atoms with van der Waals surface area (Å²) >= 11 is 3.40. The number of rotatable bonds is 5. The lowest BCUT2D eigenvalue weighted by atomic mass is 9.85. The number of methoxy groups -OCH3 is 1. The Morgan fingerprint density at radius 3 is 2.89 bits per heavy atom. The van der Waals surface area contributed by atoms with Gasteiger partial charge in [0, 0.05) is 17.3 Å². The van der Waals surface area contributed by atoms with Crippen LogP contribution in [0.2, 0.25) is 0 Å². The quantitative estimate of drug-likeness (QED) is 0.849. The molecule has 4 nitrogen and oxygen atoms in total. The van der Waals surface area contributed by atoms with Crippen LogP contribution in [0, 0.1) is 0 Å². The molecule has 98 valence electrons. The minimum atomic E-state index is -0.621. The van der Waals surface area contributed by atoms with Gasteiger partial charge >= 0.3 is 0 Å². The average Bonchev–Trinajstić information content (AvgIpc) is 2.57. The van der Waals surface area contributed by atoms with Crippen LogP contribution in [-0.2, 0) is 19.7 Å². The summed E-state index contributed by atoms with van der Waals surface area (Å²) in [7, 11) is 1.63. The monoisotopic (exact) mass is 313 g/mol. The number of hydrogen-bond donors (Lipinski definition) is 1. The molecule has 1 aromatic carbocycles. The molecule has 5 heteroatoms. The van der Waals surface area contributed by atoms with Crippen molar-refractivity contribution in [3.63, 3.8) is 0 Å². The van der Waals surface area contributed by atoms with Gasteiger partial charge in [-0.05, 0) is 24.6 Å². The first-order chi connectivity index (χ1) is 8.58. The van der Waals surface area contributed by atoms with Crippen LogP contribution in [-0.4, -0.2) is 32.8 Å². The van der Waals surface area contributed by atoms with Gasteiger partial charge in [0.05, 0.1) is 25.2 Å². The van der Waals surface area contributed by atoms with Gasteiger partial charge in [-0.3, -0.25) is 4.79 Å². The summed E-state index contributed by atoms with van der Waals surface area (Å²) in [5, 5.41) is 2.89. The summed E-state index contributed by atoms with van der Waals surface area (Å²) < 4.78 is 11.4. The second-order valence-electron chi connectivity index (χ2n) is 4.52. The van der Waals surface area contributed by atoms with E-state index in [0.717, 1.165) is 15.7 Å². The topological polar surface area (TPSA) is 47.6 Å². The van der Waals surface area contributed by atoms with E-state index in [4.69, 9.17) is 9.47 Å². The van der Waals surface area contributed by atoms with Crippen LogP contribution in [0.1, 0.15) is 12.5 Å². The Balaban J connectivity index is 2.15. The van der Waals surface area contributed by atoms with Crippen LogP contribution in [0.25, 0.3) is 0 Å². The van der Waals surface area contributed by atoms with Crippen molar-refractivity contribution in [2.45, 2.75) is 12.3 Å². The first kappa shape index (κ1) is 13.5. The van der Waals surface area contributed by atoms with E-state index in [1.165, 1.54) is 0 Å². The summed E-state index contributed by atoms with van der Waals surface area (Å²) in [5.41, 5.74) is 1.21. The predicted octanol–water partition coefficient (Wildman–Crippen LogP) is 2.32. The van der Waals surface area contributed by atoms with E-state index >= 15 is 0 Å². The maximum absolute atomic E-state index is 12.1. The summed E-state index contributed by atoms with van der Waals surface area (Å²) in [6.45, 7) is 3.28. The number of ether oxygens (including phenoxy) is 2. The highest BCUT2D eigenvalue weighted by Crippen LogP contribution is 2.39. The number of carbonyl (C=O) groups is 1. The van der Waals surface area contributed by atoms with Crippen LogP contribution in [0.3, 0.4) is 0 Å². The molecule has 1 aliphatic heterocycles. The number of carbonyl (C=O) groups excluding carboxylic acids is 1. The van der Waals surface area contributed by atoms with Gasteiger partial charge in [-0.15, -0.1) is 0 Å². The van der Waals surface area contributed by atoms with E-state index < -0.39 is 5.41 Å². The normalized spacial score (nSPS) is 21.8. The van der Waals surface area contributed by atoms with Crippen LogP contribution in [0.4, 0.5) is 5.69 Å². The zero-order chi connectivity index (χ0) is 13.2. The number of amides is 1. The third-order valence-electron chi connectivity index (χ3n) is 3.15. The predicted molar refractivity (Wildman–Crippen MR) is 72.8 cm³/mol. The number of halogens is 1. The lowest BCUT2D eigenvalue weighted by Gasteiger charge is -2.22. The zero-order valence-electron chi connectivity index (χ0n) is 10.5. The molecular weight excluding hydrogens is 298 g/mol. The number of hydrogen-bond acceptors (Lipinski definition) is 3. The van der Waals surface area contributed by atoms with E-state index in [2.05, 4.69) is 21.2 Å². The van der Waals surface area contributed by atoms with Gasteiger partial charge in [-0.2, -0.15) is 0 Å². The highest BCUT2D eigenvalue weighted by molar-refractivity contribution is 9.10. The number of nitrogens with one attached hydrogen (secondary N) is 1. The number of fused-ring (bicyclic) bond motifs is 1. The number of benzene rings is 1. The van der Waals surface area contributed by atoms with Crippen molar-refractivity contribution in [1.29, 1.82) is 0 Å². The average molecular weight is 314 g/mol. The number of anilines is 1. The Kier molecular flexibility index (Phi) is 4.04. The fourth-order valence-electron chi connectivity index (χ4n) is 2.05. The van der Waals surface area contributed by atoms with Gasteiger partial charge < -0.3 is 14.8 Å². The lowest BCUT2D eigenvalue weighted by molar-refractivity contribution is -0.122. The van der Waals surface area contributed by atoms with Gasteiger partial charge in [0.1, 0.15) is 0 Å². The highest BCUT2D eigenvalue weighted by atomic mass is 79.9. The van der Waals surface area contributed by atoms with Crippen LogP contribution in [0.5, 0.6) is 0 Å². The first-order valence-electron chi connectivity index (χ1n) is 5.76. The van der Waals surface area contributed by atoms with Crippen molar-refractivity contribution in [3.05, 3.63) is 28.2 Å². The minimum Gasteiger partial charge on any atom is -0.382 e. The Hall–Kier alpha value is -0.910. The second kappa shape index (κ2) is 5.38. The molecule has 1 atom stereocenters. The van der Waals surface area contributed by atoms with Gasteiger partial charge in [0.25, 0.3) is 0 Å². The summed E-state index contributed by atoms with van der Waals surface area (Å²) in [4.78, 5) is 12.1. The standard InChI is InChI=1S/C13H16BrNO3/c1-13(8-18-6-5-17-2)10-4-3-9(14)7-11(10)15-12(13)16/h3-4,7H,5-6,8H2,1-2H3,(H,15,16). The van der Waals surface area contributed by atoms with Gasteiger partial charge in [0.15, 0.2) is 0 Å². The van der Waals surface area contributed by atoms with Crippen LogP contribution in [0.15, 0.2) is 22.7 Å². The largest absolute Gasteiger partial charge is 0.382 e. The van der Waals surface area contributed by atoms with E-state index in [0.29, 0.717) is 19.8 Å². The smallest absolute Gasteiger partial charge is 0.237 e. The SMILES string of the molecule is COCCOCC1(C)C(=O)Nc2cc(Br)ccc21. The van der Waals surface area contributed by atoms with Crippen molar-refractivity contribution in [3.8, 4) is 0 Å². The van der Waals surface area contributed by atoms with Crippen molar-refractivity contribution in [2.24, 2.45) is 0 Å². The lowest BCUT2D eigenvalue weighted by Crippen LogP contribution is -2.36. The molecule has 0 radical (unpaired) electrons. The molecule has 18 heavy (non-hydrogen) atoms. The molecule has 1 unspecified atom stereocenters. The van der Waals surface area contributed by atoms with Crippen molar-refractivity contribution < 1.29 is 14.3 Å². The molecule has 0 aliphatic carbocycles. The third kappa shape index (κ3) is 2.43. The molecule has 0 aromatic heterocycles. The van der Waals surface area contributed by atoms with E-state index in [9.17, 15) is 4.79 Å². The summed E-state index contributed by atoms with van der Waals surface area (Å²) in [5.74, 6) is -0.0204. The highest BCUT2D eigenvalue weighted by Gasteiger charge is 2.42. The van der Waals surface area contributed by atoms with Crippen LogP contribution < -0.4 is 5.32 Å². The van der Waals surface area contributed by atoms with Crippen molar-refractivity contribution >= 4 is 27.5 Å². The molecule has 1 amide bonds. The molecule has 1 N–H and O–H groups in total. The second-order valence-corrected chi connectivity index (χ2v) is 5.44. The summed E-state index contributed by atoms with van der Waals surface area (Å²) in [6, 6.07) is 5.80. The van der Waals surface area contributed by atoms with E-state index in [1.807, 2.05) is 25.1 Å². The van der Waals surface area contributed by atoms with Crippen LogP contribution >= 0.6 is 15.9 Å². The first-order valence-corrected chi connectivity index (χ1v) is 6.55. The third-order valence-corrected chi connectivity index (χ3v) is 3.64. The summed E-state index contributed by atoms with van der Waals surface area (Å²) in [6.07, 6.45) is 0. The molecule has 1 aliphatic rings. The Labute approximate surface area is 115 Å². The fraction of sp³-hybridized carbons (Fsp3) is 0.462. The van der Waals surface area contributed by atoms with Gasteiger partial charge in [-0.25, -0.2) is 0 Å². The Morgan fingerprint density at radius 2 is 2.17 bits per heavy atom. The van der Waals surface area contributed by atoms with E-state index in [-0.39, 0.29) is 5.91 Å². The zero-order valence-corrected chi connectivity index (χ0v) is 12.0. The minimum absolute atomic E-state index is 0.0204. The molecule has 0 fully saturated rings.